The molecular formula is C35H33F3N2O3. The van der Waals surface area contributed by atoms with Gasteiger partial charge in [0.05, 0.1) is 5.56 Å². The van der Waals surface area contributed by atoms with Gasteiger partial charge in [0, 0.05) is 30.1 Å². The zero-order valence-corrected chi connectivity index (χ0v) is 23.8. The number of halogens is 3. The smallest absolute Gasteiger partial charge is 0.417 e. The Labute approximate surface area is 249 Å². The number of likely N-dealkylation sites (tertiary alicyclic amines) is 1. The minimum absolute atomic E-state index is 0.0321. The fourth-order valence-electron chi connectivity index (χ4n) is 5.55. The summed E-state index contributed by atoms with van der Waals surface area (Å²) in [7, 11) is 0. The monoisotopic (exact) mass is 586 g/mol. The lowest BCUT2D eigenvalue weighted by Gasteiger charge is -2.33. The summed E-state index contributed by atoms with van der Waals surface area (Å²) in [6.07, 6.45) is 3.81. The van der Waals surface area contributed by atoms with E-state index in [4.69, 9.17) is 4.74 Å². The molecule has 222 valence electrons. The van der Waals surface area contributed by atoms with Gasteiger partial charge in [-0.25, -0.2) is 0 Å². The molecule has 0 saturated carbocycles. The van der Waals surface area contributed by atoms with Gasteiger partial charge in [0.2, 0.25) is 0 Å². The molecule has 0 unspecified atom stereocenters. The standard InChI is InChI=1S/C35H33F3N2O3/c1-24-26(12-7-13-30(24)27-10-3-2-4-11-27)15-16-28-20-33(43-23-25-9-8-17-39-21-25)29(19-31(28)35(36,37)38)22-40-18-6-5-14-32(40)34(41)42/h2-4,7-13,15-17,19-21,32H,5-6,14,18,22-23H2,1H3,(H,41,42)/b16-15+/t32-/m0/s1. The van der Waals surface area contributed by atoms with Crippen LogP contribution in [0.25, 0.3) is 23.3 Å². The number of hydrogen-bond acceptors (Lipinski definition) is 4. The highest BCUT2D eigenvalue weighted by Crippen LogP contribution is 2.38. The highest BCUT2D eigenvalue weighted by Gasteiger charge is 2.35. The molecular weight excluding hydrogens is 553 g/mol. The van der Waals surface area contributed by atoms with Crippen LogP contribution in [-0.2, 0) is 24.1 Å². The third kappa shape index (κ3) is 7.32. The summed E-state index contributed by atoms with van der Waals surface area (Å²) >= 11 is 0. The van der Waals surface area contributed by atoms with Crippen LogP contribution in [0.1, 0.15) is 52.6 Å². The molecule has 0 aliphatic carbocycles. The summed E-state index contributed by atoms with van der Waals surface area (Å²) in [6.45, 7) is 2.58. The first-order valence-corrected chi connectivity index (χ1v) is 14.3. The van der Waals surface area contributed by atoms with Gasteiger partial charge < -0.3 is 9.84 Å². The van der Waals surface area contributed by atoms with E-state index in [9.17, 15) is 23.1 Å². The average Bonchev–Trinajstić information content (AvgIpc) is 3.00. The Balaban J connectivity index is 1.55. The van der Waals surface area contributed by atoms with E-state index in [0.29, 0.717) is 18.5 Å². The molecule has 4 aromatic rings. The van der Waals surface area contributed by atoms with Gasteiger partial charge in [-0.15, -0.1) is 0 Å². The molecule has 5 nitrogen and oxygen atoms in total. The van der Waals surface area contributed by atoms with Gasteiger partial charge in [0.15, 0.2) is 0 Å². The fourth-order valence-corrected chi connectivity index (χ4v) is 5.55. The Hall–Kier alpha value is -4.43. The van der Waals surface area contributed by atoms with E-state index in [-0.39, 0.29) is 24.5 Å². The Bertz CT molecular complexity index is 1590. The van der Waals surface area contributed by atoms with Crippen molar-refractivity contribution in [2.75, 3.05) is 6.54 Å². The van der Waals surface area contributed by atoms with Crippen molar-refractivity contribution in [1.29, 1.82) is 0 Å². The van der Waals surface area contributed by atoms with Crippen molar-refractivity contribution < 1.29 is 27.8 Å². The minimum atomic E-state index is -4.63. The highest BCUT2D eigenvalue weighted by atomic mass is 19.4. The number of nitrogens with zero attached hydrogens (tertiary/aromatic N) is 2. The molecule has 0 spiro atoms. The third-order valence-corrected chi connectivity index (χ3v) is 7.83. The summed E-state index contributed by atoms with van der Waals surface area (Å²) in [5.74, 6) is -0.692. The van der Waals surface area contributed by atoms with Crippen molar-refractivity contribution in [2.24, 2.45) is 0 Å². The number of hydrogen-bond donors (Lipinski definition) is 1. The lowest BCUT2D eigenvalue weighted by Crippen LogP contribution is -2.44. The second-order valence-corrected chi connectivity index (χ2v) is 10.7. The molecule has 5 rings (SSSR count). The van der Waals surface area contributed by atoms with Gasteiger partial charge in [-0.1, -0.05) is 73.2 Å². The molecule has 0 radical (unpaired) electrons. The summed E-state index contributed by atoms with van der Waals surface area (Å²) in [5, 5.41) is 9.76. The van der Waals surface area contributed by atoms with E-state index in [0.717, 1.165) is 46.7 Å². The Morgan fingerprint density at radius 3 is 2.53 bits per heavy atom. The number of ether oxygens (including phenoxy) is 1. The van der Waals surface area contributed by atoms with Crippen molar-refractivity contribution in [3.05, 3.63) is 119 Å². The molecule has 1 aliphatic rings. The van der Waals surface area contributed by atoms with Crippen molar-refractivity contribution >= 4 is 18.1 Å². The predicted octanol–water partition coefficient (Wildman–Crippen LogP) is 8.26. The van der Waals surface area contributed by atoms with Crippen molar-refractivity contribution in [3.63, 3.8) is 0 Å². The topological polar surface area (TPSA) is 62.7 Å². The molecule has 1 fully saturated rings. The van der Waals surface area contributed by atoms with Crippen LogP contribution >= 0.6 is 0 Å². The number of carboxylic acid groups (broad SMARTS) is 1. The van der Waals surface area contributed by atoms with Crippen LogP contribution in [0.5, 0.6) is 5.75 Å². The zero-order chi connectivity index (χ0) is 30.4. The zero-order valence-electron chi connectivity index (χ0n) is 23.8. The second kappa shape index (κ2) is 13.3. The number of alkyl halides is 3. The second-order valence-electron chi connectivity index (χ2n) is 10.7. The lowest BCUT2D eigenvalue weighted by atomic mass is 9.95. The molecule has 1 atom stereocenters. The number of carboxylic acids is 1. The molecule has 2 heterocycles. The van der Waals surface area contributed by atoms with Crippen molar-refractivity contribution in [1.82, 2.24) is 9.88 Å². The van der Waals surface area contributed by atoms with E-state index in [2.05, 4.69) is 4.98 Å². The maximum Gasteiger partial charge on any atom is 0.417 e. The maximum atomic E-state index is 14.5. The maximum absolute atomic E-state index is 14.5. The van der Waals surface area contributed by atoms with E-state index in [1.807, 2.05) is 61.5 Å². The molecule has 1 N–H and O–H groups in total. The van der Waals surface area contributed by atoms with E-state index >= 15 is 0 Å². The number of piperidine rings is 1. The molecule has 1 saturated heterocycles. The van der Waals surface area contributed by atoms with E-state index in [1.165, 1.54) is 12.1 Å². The van der Waals surface area contributed by atoms with Gasteiger partial charge in [0.25, 0.3) is 0 Å². The van der Waals surface area contributed by atoms with Crippen LogP contribution in [0.3, 0.4) is 0 Å². The van der Waals surface area contributed by atoms with Crippen LogP contribution in [0.4, 0.5) is 13.2 Å². The summed E-state index contributed by atoms with van der Waals surface area (Å²) < 4.78 is 49.6. The van der Waals surface area contributed by atoms with Crippen LogP contribution in [0.2, 0.25) is 0 Å². The number of carbonyl (C=O) groups is 1. The normalized spacial score (nSPS) is 16.0. The summed E-state index contributed by atoms with van der Waals surface area (Å²) in [5.41, 5.74) is 4.01. The van der Waals surface area contributed by atoms with E-state index in [1.54, 1.807) is 29.4 Å². The predicted molar refractivity (Wildman–Crippen MR) is 161 cm³/mol. The van der Waals surface area contributed by atoms with Gasteiger partial charge >= 0.3 is 12.1 Å². The fraction of sp³-hybridized carbons (Fsp3) is 0.257. The molecule has 1 aromatic heterocycles. The van der Waals surface area contributed by atoms with Gasteiger partial charge in [-0.05, 0) is 72.3 Å². The Kier molecular flexibility index (Phi) is 9.26. The van der Waals surface area contributed by atoms with Crippen LogP contribution in [0, 0.1) is 6.92 Å². The van der Waals surface area contributed by atoms with Crippen LogP contribution in [-0.4, -0.2) is 33.5 Å². The van der Waals surface area contributed by atoms with Gasteiger partial charge in [-0.3, -0.25) is 14.7 Å². The van der Waals surface area contributed by atoms with Crippen molar-refractivity contribution in [2.45, 2.75) is 51.6 Å². The SMILES string of the molecule is Cc1c(/C=C/c2cc(OCc3cccnc3)c(CN3CCCC[C@H]3C(=O)O)cc2C(F)(F)F)cccc1-c1ccccc1. The Morgan fingerprint density at radius 2 is 1.81 bits per heavy atom. The van der Waals surface area contributed by atoms with Gasteiger partial charge in [-0.2, -0.15) is 13.2 Å². The average molecular weight is 587 g/mol. The van der Waals surface area contributed by atoms with E-state index < -0.39 is 23.8 Å². The largest absolute Gasteiger partial charge is 0.488 e. The molecule has 8 heteroatoms. The quantitative estimate of drug-likeness (QED) is 0.200. The Morgan fingerprint density at radius 1 is 1.02 bits per heavy atom. The first kappa shape index (κ1) is 30.0. The summed E-state index contributed by atoms with van der Waals surface area (Å²) in [4.78, 5) is 17.7. The van der Waals surface area contributed by atoms with Crippen molar-refractivity contribution in [3.8, 4) is 16.9 Å². The highest BCUT2D eigenvalue weighted by molar-refractivity contribution is 5.78. The number of aliphatic carboxylic acids is 1. The molecule has 0 amide bonds. The number of rotatable bonds is 9. The minimum Gasteiger partial charge on any atom is -0.488 e. The first-order chi connectivity index (χ1) is 20.7. The molecule has 1 aliphatic heterocycles. The van der Waals surface area contributed by atoms with Gasteiger partial charge in [0.1, 0.15) is 18.4 Å². The van der Waals surface area contributed by atoms with Crippen LogP contribution in [0.15, 0.2) is 85.2 Å². The molecule has 0 bridgehead atoms. The lowest BCUT2D eigenvalue weighted by molar-refractivity contribution is -0.145. The number of aromatic nitrogens is 1. The molecule has 3 aromatic carbocycles. The molecule has 43 heavy (non-hydrogen) atoms. The summed E-state index contributed by atoms with van der Waals surface area (Å²) in [6, 6.07) is 21.0. The number of benzene rings is 3. The third-order valence-electron chi connectivity index (χ3n) is 7.83. The number of pyridine rings is 1. The van der Waals surface area contributed by atoms with Crippen LogP contribution < -0.4 is 4.74 Å². The first-order valence-electron chi connectivity index (χ1n) is 14.3.